The number of carboxylic acid groups (broad SMARTS) is 1. The summed E-state index contributed by atoms with van der Waals surface area (Å²) in [4.78, 5) is 50.8. The van der Waals surface area contributed by atoms with Crippen LogP contribution in [-0.2, 0) is 20.9 Å². The zero-order valence-corrected chi connectivity index (χ0v) is 20.0. The fourth-order valence-corrected chi connectivity index (χ4v) is 4.53. The molecule has 1 unspecified atom stereocenters. The molecule has 0 radical (unpaired) electrons. The molecule has 0 spiro atoms. The molecule has 10 heteroatoms. The highest BCUT2D eigenvalue weighted by molar-refractivity contribution is 6.03. The van der Waals surface area contributed by atoms with Gasteiger partial charge in [-0.25, -0.2) is 4.39 Å². The largest absolute Gasteiger partial charge is 0.486 e. The Balaban J connectivity index is 1.57. The molecule has 2 aliphatic heterocycles. The predicted molar refractivity (Wildman–Crippen MR) is 127 cm³/mol. The molecule has 0 bridgehead atoms. The molecule has 2 amide bonds. The number of Topliss-reactive ketones (excluding diaryl/α,β-unsaturated/α-hetero) is 1. The summed E-state index contributed by atoms with van der Waals surface area (Å²) in [7, 11) is 0. The van der Waals surface area contributed by atoms with Crippen LogP contribution in [0.25, 0.3) is 11.1 Å². The van der Waals surface area contributed by atoms with Crippen LogP contribution in [0.15, 0.2) is 36.4 Å². The average Bonchev–Trinajstić information content (AvgIpc) is 3.17. The number of fused-ring (bicyclic) bond motifs is 2. The van der Waals surface area contributed by atoms with E-state index in [1.807, 2.05) is 30.3 Å². The highest BCUT2D eigenvalue weighted by Crippen LogP contribution is 2.36. The lowest BCUT2D eigenvalue weighted by Crippen LogP contribution is -2.54. The summed E-state index contributed by atoms with van der Waals surface area (Å²) >= 11 is 0. The van der Waals surface area contributed by atoms with Crippen LogP contribution in [-0.4, -0.2) is 65.5 Å². The first-order valence-corrected chi connectivity index (χ1v) is 11.6. The number of hydrogen-bond donors (Lipinski definition) is 2. The second-order valence-corrected chi connectivity index (χ2v) is 9.11. The smallest absolute Gasteiger partial charge is 0.305 e. The Bertz CT molecular complexity index is 1210. The van der Waals surface area contributed by atoms with Gasteiger partial charge < -0.3 is 24.8 Å². The first kappa shape index (κ1) is 25.2. The molecular weight excluding hydrogens is 471 g/mol. The molecule has 0 fully saturated rings. The van der Waals surface area contributed by atoms with Gasteiger partial charge in [0.15, 0.2) is 17.3 Å². The molecule has 0 aromatic heterocycles. The summed E-state index contributed by atoms with van der Waals surface area (Å²) in [5, 5.41) is 11.4. The van der Waals surface area contributed by atoms with Gasteiger partial charge in [-0.15, -0.1) is 0 Å². The lowest BCUT2D eigenvalue weighted by Gasteiger charge is -2.31. The van der Waals surface area contributed by atoms with Crippen LogP contribution in [0.2, 0.25) is 0 Å². The molecule has 0 saturated heterocycles. The maximum absolute atomic E-state index is 13.4. The SMILES string of the molecule is CC(C)[C@@H](C(=O)NC(CC(=O)O)C(=O)CF)N1Cc2ccc(-c3ccc4c(c3)OCCO4)cc2C1=O. The van der Waals surface area contributed by atoms with E-state index in [9.17, 15) is 23.6 Å². The molecule has 2 aromatic rings. The Labute approximate surface area is 207 Å². The number of carbonyl (C=O) groups is 4. The number of amides is 2. The first-order chi connectivity index (χ1) is 17.2. The fourth-order valence-electron chi connectivity index (χ4n) is 4.53. The van der Waals surface area contributed by atoms with E-state index in [2.05, 4.69) is 5.32 Å². The van der Waals surface area contributed by atoms with E-state index in [1.54, 1.807) is 19.9 Å². The third-order valence-corrected chi connectivity index (χ3v) is 6.27. The van der Waals surface area contributed by atoms with Crippen molar-refractivity contribution in [1.82, 2.24) is 10.2 Å². The number of rotatable bonds is 9. The summed E-state index contributed by atoms with van der Waals surface area (Å²) in [5.74, 6) is -2.51. The average molecular weight is 499 g/mol. The lowest BCUT2D eigenvalue weighted by atomic mass is 9.99. The zero-order valence-electron chi connectivity index (χ0n) is 20.0. The molecule has 2 heterocycles. The molecule has 2 N–H and O–H groups in total. The summed E-state index contributed by atoms with van der Waals surface area (Å²) in [5.41, 5.74) is 2.82. The van der Waals surface area contributed by atoms with Crippen LogP contribution in [0, 0.1) is 5.92 Å². The number of nitrogens with zero attached hydrogens (tertiary/aromatic N) is 1. The number of aliphatic carboxylic acids is 1. The van der Waals surface area contributed by atoms with Crippen molar-refractivity contribution in [3.8, 4) is 22.6 Å². The number of ether oxygens (including phenoxy) is 2. The topological polar surface area (TPSA) is 122 Å². The highest BCUT2D eigenvalue weighted by Gasteiger charge is 2.39. The van der Waals surface area contributed by atoms with Crippen LogP contribution in [0.1, 0.15) is 36.2 Å². The molecule has 0 aliphatic carbocycles. The van der Waals surface area contributed by atoms with Gasteiger partial charge in [0.1, 0.15) is 32.0 Å². The number of alkyl halides is 1. The van der Waals surface area contributed by atoms with Crippen molar-refractivity contribution in [3.63, 3.8) is 0 Å². The quantitative estimate of drug-likeness (QED) is 0.545. The van der Waals surface area contributed by atoms with Gasteiger partial charge in [-0.2, -0.15) is 0 Å². The molecule has 0 saturated carbocycles. The molecular formula is C26H27FN2O7. The summed E-state index contributed by atoms with van der Waals surface area (Å²) in [6, 6.07) is 8.52. The van der Waals surface area contributed by atoms with Crippen molar-refractivity contribution in [2.45, 2.75) is 38.9 Å². The van der Waals surface area contributed by atoms with E-state index in [-0.39, 0.29) is 18.4 Å². The minimum atomic E-state index is -1.51. The Hall–Kier alpha value is -3.95. The van der Waals surface area contributed by atoms with Crippen molar-refractivity contribution in [2.75, 3.05) is 19.9 Å². The van der Waals surface area contributed by atoms with E-state index >= 15 is 0 Å². The van der Waals surface area contributed by atoms with Crippen LogP contribution < -0.4 is 14.8 Å². The predicted octanol–water partition coefficient (Wildman–Crippen LogP) is 2.60. The van der Waals surface area contributed by atoms with E-state index in [0.717, 1.165) is 16.7 Å². The van der Waals surface area contributed by atoms with Crippen molar-refractivity contribution in [3.05, 3.63) is 47.5 Å². The minimum absolute atomic E-state index is 0.173. The maximum Gasteiger partial charge on any atom is 0.305 e. The van der Waals surface area contributed by atoms with Gasteiger partial charge >= 0.3 is 5.97 Å². The molecule has 2 aliphatic rings. The Morgan fingerprint density at radius 3 is 2.39 bits per heavy atom. The highest BCUT2D eigenvalue weighted by atomic mass is 19.1. The Kier molecular flexibility index (Phi) is 7.23. The van der Waals surface area contributed by atoms with Gasteiger partial charge in [-0.05, 0) is 40.8 Å². The number of halogens is 1. The zero-order chi connectivity index (χ0) is 26.0. The first-order valence-electron chi connectivity index (χ1n) is 11.6. The number of hydrogen-bond acceptors (Lipinski definition) is 6. The van der Waals surface area contributed by atoms with Crippen molar-refractivity contribution < 1.29 is 38.1 Å². The Morgan fingerprint density at radius 1 is 1.06 bits per heavy atom. The molecule has 4 rings (SSSR count). The summed E-state index contributed by atoms with van der Waals surface area (Å²) < 4.78 is 24.2. The van der Waals surface area contributed by atoms with Gasteiger partial charge in [0.05, 0.1) is 6.42 Å². The van der Waals surface area contributed by atoms with E-state index in [0.29, 0.717) is 30.3 Å². The second kappa shape index (κ2) is 10.3. The van der Waals surface area contributed by atoms with Crippen LogP contribution in [0.4, 0.5) is 4.39 Å². The molecule has 2 aromatic carbocycles. The van der Waals surface area contributed by atoms with Gasteiger partial charge in [0, 0.05) is 12.1 Å². The monoisotopic (exact) mass is 498 g/mol. The van der Waals surface area contributed by atoms with E-state index in [4.69, 9.17) is 14.6 Å². The van der Waals surface area contributed by atoms with Gasteiger partial charge in [0.25, 0.3) is 5.91 Å². The van der Waals surface area contributed by atoms with Crippen molar-refractivity contribution >= 4 is 23.6 Å². The summed E-state index contributed by atoms with van der Waals surface area (Å²) in [6.07, 6.45) is -0.744. The number of benzene rings is 2. The number of nitrogens with one attached hydrogen (secondary N) is 1. The Morgan fingerprint density at radius 2 is 1.72 bits per heavy atom. The standard InChI is InChI=1S/C26H27FN2O7/c1-14(2)24(25(33)28-19(11-23(31)32)20(30)12-27)29-13-17-4-3-15(9-18(17)26(29)34)16-5-6-21-22(10-16)36-8-7-35-21/h3-6,9-10,14,19,24H,7-8,11-13H2,1-2H3,(H,28,33)(H,31,32)/t19?,24-/m0/s1. The van der Waals surface area contributed by atoms with Crippen molar-refractivity contribution in [2.24, 2.45) is 5.92 Å². The molecule has 9 nitrogen and oxygen atoms in total. The molecule has 36 heavy (non-hydrogen) atoms. The second-order valence-electron chi connectivity index (χ2n) is 9.11. The number of carbonyl (C=O) groups excluding carboxylic acids is 3. The fraction of sp³-hybridized carbons (Fsp3) is 0.385. The van der Waals surface area contributed by atoms with Gasteiger partial charge in [-0.3, -0.25) is 19.2 Å². The summed E-state index contributed by atoms with van der Waals surface area (Å²) in [6.45, 7) is 3.19. The normalized spacial score (nSPS) is 15.9. The number of carboxylic acids is 1. The molecule has 2 atom stereocenters. The number of ketones is 1. The molecule has 190 valence electrons. The van der Waals surface area contributed by atoms with Gasteiger partial charge in [-0.1, -0.05) is 32.0 Å². The third kappa shape index (κ3) is 5.02. The lowest BCUT2D eigenvalue weighted by molar-refractivity contribution is -0.140. The third-order valence-electron chi connectivity index (χ3n) is 6.27. The maximum atomic E-state index is 13.4. The minimum Gasteiger partial charge on any atom is -0.486 e. The van der Waals surface area contributed by atoms with E-state index in [1.165, 1.54) is 4.90 Å². The van der Waals surface area contributed by atoms with Gasteiger partial charge in [0.2, 0.25) is 5.91 Å². The van der Waals surface area contributed by atoms with Crippen molar-refractivity contribution in [1.29, 1.82) is 0 Å². The van der Waals surface area contributed by atoms with Crippen LogP contribution >= 0.6 is 0 Å². The van der Waals surface area contributed by atoms with Crippen LogP contribution in [0.3, 0.4) is 0 Å². The van der Waals surface area contributed by atoms with Crippen LogP contribution in [0.5, 0.6) is 11.5 Å². The van der Waals surface area contributed by atoms with E-state index < -0.39 is 42.8 Å².